The molecule has 1 heterocycles. The average Bonchev–Trinajstić information content (AvgIpc) is 2.33. The molecule has 1 aliphatic rings. The monoisotopic (exact) mass is 241 g/mol. The summed E-state index contributed by atoms with van der Waals surface area (Å²) in [4.78, 5) is 0. The summed E-state index contributed by atoms with van der Waals surface area (Å²) in [6, 6.07) is 0. The first kappa shape index (κ1) is 15.0. The molecule has 0 aromatic heterocycles. The van der Waals surface area contributed by atoms with Gasteiger partial charge < -0.3 is 10.1 Å². The lowest BCUT2D eigenvalue weighted by Crippen LogP contribution is -2.30. The zero-order valence-corrected chi connectivity index (χ0v) is 12.6. The molecular formula is C15H31NO. The fourth-order valence-electron chi connectivity index (χ4n) is 2.99. The van der Waals surface area contributed by atoms with Crippen molar-refractivity contribution in [2.45, 2.75) is 72.0 Å². The van der Waals surface area contributed by atoms with E-state index >= 15 is 0 Å². The van der Waals surface area contributed by atoms with Gasteiger partial charge in [0, 0.05) is 0 Å². The quantitative estimate of drug-likeness (QED) is 0.717. The highest BCUT2D eigenvalue weighted by Crippen LogP contribution is 2.43. The first-order chi connectivity index (χ1) is 7.73. The van der Waals surface area contributed by atoms with Crippen molar-refractivity contribution in [3.05, 3.63) is 0 Å². The largest absolute Gasteiger partial charge is 0.369 e. The summed E-state index contributed by atoms with van der Waals surface area (Å²) in [5.41, 5.74) is 0.126. The van der Waals surface area contributed by atoms with Crippen LogP contribution < -0.4 is 5.32 Å². The van der Waals surface area contributed by atoms with E-state index in [1.165, 1.54) is 19.3 Å². The van der Waals surface area contributed by atoms with Crippen molar-refractivity contribution < 1.29 is 4.74 Å². The number of hydrogen-bond donors (Lipinski definition) is 1. The van der Waals surface area contributed by atoms with Crippen LogP contribution in [0.4, 0.5) is 0 Å². The highest BCUT2D eigenvalue weighted by atomic mass is 16.5. The predicted octanol–water partition coefficient (Wildman–Crippen LogP) is 3.61. The minimum absolute atomic E-state index is 0.0571. The van der Waals surface area contributed by atoms with Gasteiger partial charge in [-0.2, -0.15) is 0 Å². The molecule has 1 rings (SSSR count). The van der Waals surface area contributed by atoms with Crippen LogP contribution >= 0.6 is 0 Å². The van der Waals surface area contributed by atoms with Gasteiger partial charge in [0.25, 0.3) is 0 Å². The van der Waals surface area contributed by atoms with Crippen LogP contribution in [0.1, 0.15) is 60.8 Å². The molecule has 0 amide bonds. The van der Waals surface area contributed by atoms with Gasteiger partial charge in [0.1, 0.15) is 0 Å². The Morgan fingerprint density at radius 2 is 1.88 bits per heavy atom. The molecular weight excluding hydrogens is 210 g/mol. The van der Waals surface area contributed by atoms with Crippen molar-refractivity contribution in [3.63, 3.8) is 0 Å². The standard InChI is InChI=1S/C15H31NO/c1-12(2)11-16-9-7-8-13-10-14(3,4)17-15(13,5)6/h12-13,16H,7-11H2,1-6H3. The minimum atomic E-state index is 0.0571. The van der Waals surface area contributed by atoms with Crippen LogP contribution in [0, 0.1) is 11.8 Å². The summed E-state index contributed by atoms with van der Waals surface area (Å²) in [5, 5.41) is 3.52. The van der Waals surface area contributed by atoms with E-state index < -0.39 is 0 Å². The normalized spacial score (nSPS) is 26.6. The SMILES string of the molecule is CC(C)CNCCCC1CC(C)(C)OC1(C)C. The lowest BCUT2D eigenvalue weighted by atomic mass is 9.84. The first-order valence-electron chi connectivity index (χ1n) is 7.14. The minimum Gasteiger partial charge on any atom is -0.369 e. The molecule has 2 heteroatoms. The Bertz CT molecular complexity index is 233. The maximum absolute atomic E-state index is 6.12. The molecule has 1 unspecified atom stereocenters. The molecule has 2 nitrogen and oxygen atoms in total. The van der Waals surface area contributed by atoms with Crippen LogP contribution in [0.5, 0.6) is 0 Å². The lowest BCUT2D eigenvalue weighted by molar-refractivity contribution is -0.0752. The van der Waals surface area contributed by atoms with Crippen LogP contribution in [-0.4, -0.2) is 24.3 Å². The van der Waals surface area contributed by atoms with E-state index in [1.807, 2.05) is 0 Å². The van der Waals surface area contributed by atoms with E-state index in [-0.39, 0.29) is 11.2 Å². The molecule has 0 saturated carbocycles. The summed E-state index contributed by atoms with van der Waals surface area (Å²) in [6.45, 7) is 15.7. The van der Waals surface area contributed by atoms with Crippen LogP contribution in [-0.2, 0) is 4.74 Å². The fraction of sp³-hybridized carbons (Fsp3) is 1.00. The Balaban J connectivity index is 2.23. The lowest BCUT2D eigenvalue weighted by Gasteiger charge is -2.27. The van der Waals surface area contributed by atoms with E-state index in [4.69, 9.17) is 4.74 Å². The Hall–Kier alpha value is -0.0800. The fourth-order valence-corrected chi connectivity index (χ4v) is 2.99. The second-order valence-corrected chi connectivity index (χ2v) is 7.11. The van der Waals surface area contributed by atoms with Crippen molar-refractivity contribution in [3.8, 4) is 0 Å². The zero-order valence-electron chi connectivity index (χ0n) is 12.6. The second-order valence-electron chi connectivity index (χ2n) is 7.11. The number of hydrogen-bond acceptors (Lipinski definition) is 2. The summed E-state index contributed by atoms with van der Waals surface area (Å²) in [6.07, 6.45) is 3.74. The van der Waals surface area contributed by atoms with Crippen molar-refractivity contribution in [2.75, 3.05) is 13.1 Å². The maximum Gasteiger partial charge on any atom is 0.0662 e. The van der Waals surface area contributed by atoms with E-state index in [9.17, 15) is 0 Å². The highest BCUT2D eigenvalue weighted by Gasteiger charge is 2.44. The zero-order chi connectivity index (χ0) is 13.1. The molecule has 17 heavy (non-hydrogen) atoms. The first-order valence-corrected chi connectivity index (χ1v) is 7.14. The van der Waals surface area contributed by atoms with Gasteiger partial charge >= 0.3 is 0 Å². The molecule has 0 radical (unpaired) electrons. The van der Waals surface area contributed by atoms with Gasteiger partial charge in [0.05, 0.1) is 11.2 Å². The Morgan fingerprint density at radius 3 is 2.35 bits per heavy atom. The number of rotatable bonds is 6. The molecule has 1 saturated heterocycles. The summed E-state index contributed by atoms with van der Waals surface area (Å²) < 4.78 is 6.12. The Kier molecular flexibility index (Phi) is 5.03. The smallest absolute Gasteiger partial charge is 0.0662 e. The molecule has 102 valence electrons. The molecule has 1 atom stereocenters. The third kappa shape index (κ3) is 4.97. The predicted molar refractivity (Wildman–Crippen MR) is 74.3 cm³/mol. The maximum atomic E-state index is 6.12. The summed E-state index contributed by atoms with van der Waals surface area (Å²) in [7, 11) is 0. The molecule has 0 spiro atoms. The average molecular weight is 241 g/mol. The third-order valence-corrected chi connectivity index (χ3v) is 3.72. The summed E-state index contributed by atoms with van der Waals surface area (Å²) >= 11 is 0. The molecule has 0 aliphatic carbocycles. The van der Waals surface area contributed by atoms with E-state index in [1.54, 1.807) is 0 Å². The van der Waals surface area contributed by atoms with E-state index in [0.717, 1.165) is 19.0 Å². The number of nitrogens with one attached hydrogen (secondary N) is 1. The molecule has 1 aliphatic heterocycles. The van der Waals surface area contributed by atoms with Crippen LogP contribution in [0.2, 0.25) is 0 Å². The van der Waals surface area contributed by atoms with Crippen LogP contribution in [0.3, 0.4) is 0 Å². The molecule has 0 aromatic rings. The van der Waals surface area contributed by atoms with Crippen molar-refractivity contribution >= 4 is 0 Å². The van der Waals surface area contributed by atoms with E-state index in [0.29, 0.717) is 5.92 Å². The topological polar surface area (TPSA) is 21.3 Å². The van der Waals surface area contributed by atoms with E-state index in [2.05, 4.69) is 46.9 Å². The van der Waals surface area contributed by atoms with Gasteiger partial charge in [-0.25, -0.2) is 0 Å². The Labute approximate surface area is 108 Å². The number of ether oxygens (including phenoxy) is 1. The van der Waals surface area contributed by atoms with Gasteiger partial charge in [0.15, 0.2) is 0 Å². The van der Waals surface area contributed by atoms with Crippen molar-refractivity contribution in [2.24, 2.45) is 11.8 Å². The van der Waals surface area contributed by atoms with Gasteiger partial charge in [-0.3, -0.25) is 0 Å². The second kappa shape index (κ2) is 5.71. The molecule has 1 fully saturated rings. The van der Waals surface area contributed by atoms with Crippen LogP contribution in [0.25, 0.3) is 0 Å². The van der Waals surface area contributed by atoms with Gasteiger partial charge in [-0.15, -0.1) is 0 Å². The van der Waals surface area contributed by atoms with Crippen molar-refractivity contribution in [1.29, 1.82) is 0 Å². The van der Waals surface area contributed by atoms with Gasteiger partial charge in [-0.1, -0.05) is 13.8 Å². The molecule has 1 N–H and O–H groups in total. The van der Waals surface area contributed by atoms with Crippen LogP contribution in [0.15, 0.2) is 0 Å². The Morgan fingerprint density at radius 1 is 1.24 bits per heavy atom. The van der Waals surface area contributed by atoms with Gasteiger partial charge in [0.2, 0.25) is 0 Å². The molecule has 0 aromatic carbocycles. The third-order valence-electron chi connectivity index (χ3n) is 3.72. The molecule has 0 bridgehead atoms. The van der Waals surface area contributed by atoms with Crippen molar-refractivity contribution in [1.82, 2.24) is 5.32 Å². The van der Waals surface area contributed by atoms with Gasteiger partial charge in [-0.05, 0) is 71.9 Å². The summed E-state index contributed by atoms with van der Waals surface area (Å²) in [5.74, 6) is 1.46. The highest BCUT2D eigenvalue weighted by molar-refractivity contribution is 4.94.